The number of para-hydroxylation sites is 1. The van der Waals surface area contributed by atoms with Gasteiger partial charge in [-0.15, -0.1) is 0 Å². The maximum Gasteiger partial charge on any atom is 0.148 e. The number of rotatable bonds is 6. The fourth-order valence-corrected chi connectivity index (χ4v) is 2.52. The second-order valence-electron chi connectivity index (χ2n) is 5.09. The Kier molecular flexibility index (Phi) is 4.90. The molecule has 2 aromatic rings. The van der Waals surface area contributed by atoms with Crippen molar-refractivity contribution in [1.82, 2.24) is 20.1 Å². The Morgan fingerprint density at radius 3 is 2.55 bits per heavy atom. The molecule has 1 atom stereocenters. The van der Waals surface area contributed by atoms with Crippen LogP contribution in [-0.4, -0.2) is 21.3 Å². The predicted molar refractivity (Wildman–Crippen MR) is 82.2 cm³/mol. The Morgan fingerprint density at radius 2 is 1.95 bits per heavy atom. The molecule has 0 radical (unpaired) electrons. The number of benzene rings is 1. The summed E-state index contributed by atoms with van der Waals surface area (Å²) in [6.07, 6.45) is 2.20. The lowest BCUT2D eigenvalue weighted by Gasteiger charge is -2.20. The third-order valence-electron chi connectivity index (χ3n) is 3.46. The Hall–Kier alpha value is -1.68. The number of hydrogen-bond donors (Lipinski definition) is 1. The van der Waals surface area contributed by atoms with E-state index in [9.17, 15) is 0 Å². The van der Waals surface area contributed by atoms with Crippen LogP contribution in [0, 0.1) is 13.8 Å². The lowest BCUT2D eigenvalue weighted by atomic mass is 10.0. The first-order valence-corrected chi connectivity index (χ1v) is 7.40. The summed E-state index contributed by atoms with van der Waals surface area (Å²) in [5.41, 5.74) is 2.41. The van der Waals surface area contributed by atoms with E-state index in [1.807, 2.05) is 18.5 Å². The van der Waals surface area contributed by atoms with Gasteiger partial charge in [0.15, 0.2) is 0 Å². The van der Waals surface area contributed by atoms with Crippen LogP contribution in [0.25, 0.3) is 5.69 Å². The molecule has 20 heavy (non-hydrogen) atoms. The van der Waals surface area contributed by atoms with Crippen LogP contribution in [0.4, 0.5) is 0 Å². The van der Waals surface area contributed by atoms with E-state index >= 15 is 0 Å². The molecular weight excluding hydrogens is 248 g/mol. The summed E-state index contributed by atoms with van der Waals surface area (Å²) in [5.74, 6) is 1.74. The summed E-state index contributed by atoms with van der Waals surface area (Å²) in [7, 11) is 0. The lowest BCUT2D eigenvalue weighted by molar-refractivity contribution is 0.515. The van der Waals surface area contributed by atoms with E-state index in [1.165, 1.54) is 5.56 Å². The molecule has 1 heterocycles. The fraction of sp³-hybridized carbons (Fsp3) is 0.500. The summed E-state index contributed by atoms with van der Waals surface area (Å²) >= 11 is 0. The largest absolute Gasteiger partial charge is 0.310 e. The minimum atomic E-state index is 0.357. The van der Waals surface area contributed by atoms with E-state index in [0.717, 1.165) is 36.7 Å². The highest BCUT2D eigenvalue weighted by atomic mass is 15.3. The predicted octanol–water partition coefficient (Wildman–Crippen LogP) is 3.33. The molecule has 0 bridgehead atoms. The molecular formula is C16H24N4. The van der Waals surface area contributed by atoms with Crippen LogP contribution in [-0.2, 0) is 0 Å². The molecule has 1 aromatic heterocycles. The van der Waals surface area contributed by atoms with Crippen LogP contribution in [0.5, 0.6) is 0 Å². The van der Waals surface area contributed by atoms with E-state index in [1.54, 1.807) is 0 Å². The van der Waals surface area contributed by atoms with Crippen molar-refractivity contribution in [3.05, 3.63) is 41.5 Å². The first-order chi connectivity index (χ1) is 9.67. The Morgan fingerprint density at radius 1 is 1.20 bits per heavy atom. The molecule has 0 aliphatic carbocycles. The van der Waals surface area contributed by atoms with E-state index in [-0.39, 0.29) is 0 Å². The van der Waals surface area contributed by atoms with Gasteiger partial charge in [-0.25, -0.2) is 9.67 Å². The van der Waals surface area contributed by atoms with Crippen LogP contribution < -0.4 is 5.32 Å². The molecule has 0 aliphatic rings. The van der Waals surface area contributed by atoms with Gasteiger partial charge < -0.3 is 5.32 Å². The SMILES string of the molecule is CCCNC(CC)c1ccccc1-n1nc(C)nc1C. The maximum atomic E-state index is 4.52. The fourth-order valence-electron chi connectivity index (χ4n) is 2.52. The standard InChI is InChI=1S/C16H24N4/c1-5-11-17-15(6-2)14-9-7-8-10-16(14)20-13(4)18-12(3)19-20/h7-10,15,17H,5-6,11H2,1-4H3. The zero-order valence-electron chi connectivity index (χ0n) is 12.8. The van der Waals surface area contributed by atoms with E-state index < -0.39 is 0 Å². The van der Waals surface area contributed by atoms with Gasteiger partial charge in [-0.3, -0.25) is 0 Å². The van der Waals surface area contributed by atoms with Gasteiger partial charge in [0.05, 0.1) is 5.69 Å². The van der Waals surface area contributed by atoms with Gasteiger partial charge in [-0.1, -0.05) is 32.0 Å². The van der Waals surface area contributed by atoms with Gasteiger partial charge in [0.25, 0.3) is 0 Å². The normalized spacial score (nSPS) is 12.6. The Labute approximate surface area is 121 Å². The molecule has 0 saturated carbocycles. The molecule has 0 aliphatic heterocycles. The quantitative estimate of drug-likeness (QED) is 0.877. The average molecular weight is 272 g/mol. The van der Waals surface area contributed by atoms with Crippen LogP contribution in [0.2, 0.25) is 0 Å². The monoisotopic (exact) mass is 272 g/mol. The topological polar surface area (TPSA) is 42.7 Å². The third-order valence-corrected chi connectivity index (χ3v) is 3.46. The molecule has 0 fully saturated rings. The molecule has 1 unspecified atom stereocenters. The van der Waals surface area contributed by atoms with Crippen molar-refractivity contribution in [2.75, 3.05) is 6.54 Å². The minimum absolute atomic E-state index is 0.357. The highest BCUT2D eigenvalue weighted by Crippen LogP contribution is 2.24. The number of hydrogen-bond acceptors (Lipinski definition) is 3. The molecule has 108 valence electrons. The number of aromatic nitrogens is 3. The lowest BCUT2D eigenvalue weighted by Crippen LogP contribution is -2.23. The van der Waals surface area contributed by atoms with Crippen LogP contribution in [0.15, 0.2) is 24.3 Å². The summed E-state index contributed by atoms with van der Waals surface area (Å²) in [5, 5.41) is 8.13. The average Bonchev–Trinajstić information content (AvgIpc) is 2.79. The Bertz CT molecular complexity index is 559. The zero-order valence-corrected chi connectivity index (χ0v) is 12.8. The number of nitrogens with zero attached hydrogens (tertiary/aromatic N) is 3. The van der Waals surface area contributed by atoms with Gasteiger partial charge in [-0.2, -0.15) is 5.10 Å². The second kappa shape index (κ2) is 6.66. The number of aryl methyl sites for hydroxylation is 2. The summed E-state index contributed by atoms with van der Waals surface area (Å²) in [4.78, 5) is 4.41. The van der Waals surface area contributed by atoms with Gasteiger partial charge in [0.1, 0.15) is 11.6 Å². The number of nitrogens with one attached hydrogen (secondary N) is 1. The maximum absolute atomic E-state index is 4.52. The molecule has 1 N–H and O–H groups in total. The molecule has 1 aromatic carbocycles. The third kappa shape index (κ3) is 3.07. The summed E-state index contributed by atoms with van der Waals surface area (Å²) in [6, 6.07) is 8.81. The van der Waals surface area contributed by atoms with Crippen molar-refractivity contribution < 1.29 is 0 Å². The van der Waals surface area contributed by atoms with Crippen molar-refractivity contribution in [3.63, 3.8) is 0 Å². The summed E-state index contributed by atoms with van der Waals surface area (Å²) in [6.45, 7) is 9.36. The Balaban J connectivity index is 2.41. The van der Waals surface area contributed by atoms with E-state index in [0.29, 0.717) is 6.04 Å². The first-order valence-electron chi connectivity index (χ1n) is 7.40. The highest BCUT2D eigenvalue weighted by Gasteiger charge is 2.15. The molecule has 0 amide bonds. The zero-order chi connectivity index (χ0) is 14.5. The van der Waals surface area contributed by atoms with Crippen molar-refractivity contribution in [3.8, 4) is 5.69 Å². The van der Waals surface area contributed by atoms with Gasteiger partial charge in [0.2, 0.25) is 0 Å². The van der Waals surface area contributed by atoms with Gasteiger partial charge in [0, 0.05) is 6.04 Å². The molecule has 4 heteroatoms. The first kappa shape index (κ1) is 14.7. The summed E-state index contributed by atoms with van der Waals surface area (Å²) < 4.78 is 1.95. The smallest absolute Gasteiger partial charge is 0.148 e. The second-order valence-corrected chi connectivity index (χ2v) is 5.09. The van der Waals surface area contributed by atoms with Crippen LogP contribution in [0.1, 0.15) is 49.9 Å². The van der Waals surface area contributed by atoms with Crippen molar-refractivity contribution in [1.29, 1.82) is 0 Å². The minimum Gasteiger partial charge on any atom is -0.310 e. The van der Waals surface area contributed by atoms with Gasteiger partial charge in [-0.05, 0) is 44.9 Å². The van der Waals surface area contributed by atoms with Crippen molar-refractivity contribution >= 4 is 0 Å². The molecule has 0 spiro atoms. The van der Waals surface area contributed by atoms with Crippen molar-refractivity contribution in [2.24, 2.45) is 0 Å². The van der Waals surface area contributed by atoms with Gasteiger partial charge >= 0.3 is 0 Å². The van der Waals surface area contributed by atoms with Crippen LogP contribution >= 0.6 is 0 Å². The molecule has 4 nitrogen and oxygen atoms in total. The molecule has 2 rings (SSSR count). The molecule has 0 saturated heterocycles. The highest BCUT2D eigenvalue weighted by molar-refractivity contribution is 5.43. The van der Waals surface area contributed by atoms with Crippen LogP contribution in [0.3, 0.4) is 0 Å². The van der Waals surface area contributed by atoms with E-state index in [2.05, 4.69) is 53.5 Å². The van der Waals surface area contributed by atoms with E-state index in [4.69, 9.17) is 0 Å². The van der Waals surface area contributed by atoms with Crippen molar-refractivity contribution in [2.45, 2.75) is 46.6 Å².